The predicted octanol–water partition coefficient (Wildman–Crippen LogP) is 3.24. The molecule has 26 heavy (non-hydrogen) atoms. The number of pyridine rings is 1. The van der Waals surface area contributed by atoms with Gasteiger partial charge in [0.25, 0.3) is 0 Å². The Morgan fingerprint density at radius 3 is 2.96 bits per heavy atom. The molecule has 1 amide bonds. The van der Waals surface area contributed by atoms with Crippen LogP contribution in [0, 0.1) is 0 Å². The Labute approximate surface area is 157 Å². The monoisotopic (exact) mass is 359 g/mol. The smallest absolute Gasteiger partial charge is 0.222 e. The Bertz CT molecular complexity index is 576. The molecule has 144 valence electrons. The zero-order valence-electron chi connectivity index (χ0n) is 16.3. The molecule has 0 unspecified atom stereocenters. The fourth-order valence-electron chi connectivity index (χ4n) is 4.49. The molecule has 2 saturated heterocycles. The van der Waals surface area contributed by atoms with E-state index in [1.165, 1.54) is 12.0 Å². The average molecular weight is 360 g/mol. The standard InChI is InChI=1S/C21H33N3O2/c1-3-24(4-2)20(25)9-8-19-10-12-21(26-19)11-6-14-23(17-21)16-18-7-5-13-22-15-18/h5,7,13,15,19H,3-4,6,8-12,14,16-17H2,1-2H3/t19-,21-/m0/s1. The summed E-state index contributed by atoms with van der Waals surface area (Å²) in [6, 6.07) is 4.15. The number of ether oxygens (including phenoxy) is 1. The summed E-state index contributed by atoms with van der Waals surface area (Å²) in [5.41, 5.74) is 1.27. The van der Waals surface area contributed by atoms with E-state index in [2.05, 4.69) is 16.0 Å². The van der Waals surface area contributed by atoms with Gasteiger partial charge in [-0.3, -0.25) is 14.7 Å². The Balaban J connectivity index is 1.49. The first kappa shape index (κ1) is 19.3. The first-order valence-corrected chi connectivity index (χ1v) is 10.2. The number of amides is 1. The van der Waals surface area contributed by atoms with Crippen molar-refractivity contribution >= 4 is 5.91 Å². The van der Waals surface area contributed by atoms with Crippen molar-refractivity contribution in [3.05, 3.63) is 30.1 Å². The highest BCUT2D eigenvalue weighted by molar-refractivity contribution is 5.76. The molecule has 1 spiro atoms. The van der Waals surface area contributed by atoms with Gasteiger partial charge in [-0.15, -0.1) is 0 Å². The summed E-state index contributed by atoms with van der Waals surface area (Å²) in [5, 5.41) is 0. The number of likely N-dealkylation sites (tertiary alicyclic amines) is 1. The van der Waals surface area contributed by atoms with E-state index in [9.17, 15) is 4.79 Å². The molecule has 0 N–H and O–H groups in total. The van der Waals surface area contributed by atoms with Crippen LogP contribution in [0.25, 0.3) is 0 Å². The van der Waals surface area contributed by atoms with Crippen molar-refractivity contribution in [1.29, 1.82) is 0 Å². The van der Waals surface area contributed by atoms with Crippen molar-refractivity contribution in [3.8, 4) is 0 Å². The van der Waals surface area contributed by atoms with Gasteiger partial charge in [0.15, 0.2) is 0 Å². The number of carbonyl (C=O) groups is 1. The summed E-state index contributed by atoms with van der Waals surface area (Å²) in [7, 11) is 0. The van der Waals surface area contributed by atoms with Crippen molar-refractivity contribution in [2.75, 3.05) is 26.2 Å². The minimum absolute atomic E-state index is 0.00335. The van der Waals surface area contributed by atoms with E-state index in [0.717, 1.165) is 58.4 Å². The van der Waals surface area contributed by atoms with Crippen LogP contribution in [0.1, 0.15) is 57.9 Å². The number of hydrogen-bond donors (Lipinski definition) is 0. The number of piperidine rings is 1. The predicted molar refractivity (Wildman–Crippen MR) is 103 cm³/mol. The van der Waals surface area contributed by atoms with E-state index in [1.807, 2.05) is 37.2 Å². The molecule has 2 aliphatic heterocycles. The zero-order chi connectivity index (χ0) is 18.4. The Morgan fingerprint density at radius 1 is 1.38 bits per heavy atom. The molecular formula is C21H33N3O2. The number of aromatic nitrogens is 1. The first-order chi connectivity index (χ1) is 12.6. The van der Waals surface area contributed by atoms with E-state index in [1.54, 1.807) is 0 Å². The Morgan fingerprint density at radius 2 is 2.23 bits per heavy atom. The molecule has 3 rings (SSSR count). The average Bonchev–Trinajstić information content (AvgIpc) is 3.04. The SMILES string of the molecule is CCN(CC)C(=O)CC[C@H]1CC[C@]2(CCCN(Cc3cccnc3)C2)O1. The topological polar surface area (TPSA) is 45.7 Å². The molecule has 5 nitrogen and oxygen atoms in total. The third-order valence-electron chi connectivity index (χ3n) is 5.88. The molecule has 0 radical (unpaired) electrons. The van der Waals surface area contributed by atoms with Gasteiger partial charge in [0.05, 0.1) is 11.7 Å². The normalized spacial score (nSPS) is 26.3. The maximum absolute atomic E-state index is 12.2. The van der Waals surface area contributed by atoms with Gasteiger partial charge in [-0.1, -0.05) is 6.07 Å². The van der Waals surface area contributed by atoms with Gasteiger partial charge in [0.2, 0.25) is 5.91 Å². The van der Waals surface area contributed by atoms with E-state index in [0.29, 0.717) is 6.42 Å². The van der Waals surface area contributed by atoms with Gasteiger partial charge >= 0.3 is 0 Å². The Hall–Kier alpha value is -1.46. The van der Waals surface area contributed by atoms with Gasteiger partial charge in [0.1, 0.15) is 0 Å². The molecule has 2 fully saturated rings. The lowest BCUT2D eigenvalue weighted by Crippen LogP contribution is -2.47. The third kappa shape index (κ3) is 4.83. The summed E-state index contributed by atoms with van der Waals surface area (Å²) in [5.74, 6) is 0.265. The fraction of sp³-hybridized carbons (Fsp3) is 0.714. The van der Waals surface area contributed by atoms with Crippen molar-refractivity contribution in [2.45, 2.75) is 70.6 Å². The van der Waals surface area contributed by atoms with Gasteiger partial charge < -0.3 is 9.64 Å². The summed E-state index contributed by atoms with van der Waals surface area (Å²) in [6.45, 7) is 8.77. The van der Waals surface area contributed by atoms with E-state index in [-0.39, 0.29) is 17.6 Å². The molecule has 2 atom stereocenters. The van der Waals surface area contributed by atoms with Crippen LogP contribution in [-0.4, -0.2) is 58.6 Å². The minimum atomic E-state index is 0.00335. The largest absolute Gasteiger partial charge is 0.370 e. The summed E-state index contributed by atoms with van der Waals surface area (Å²) in [4.78, 5) is 20.9. The van der Waals surface area contributed by atoms with Crippen LogP contribution in [0.15, 0.2) is 24.5 Å². The maximum Gasteiger partial charge on any atom is 0.222 e. The van der Waals surface area contributed by atoms with Crippen LogP contribution in [0.4, 0.5) is 0 Å². The lowest BCUT2D eigenvalue weighted by molar-refractivity contribution is -0.132. The lowest BCUT2D eigenvalue weighted by atomic mass is 9.89. The molecule has 0 bridgehead atoms. The van der Waals surface area contributed by atoms with Crippen LogP contribution in [0.3, 0.4) is 0 Å². The van der Waals surface area contributed by atoms with Gasteiger partial charge in [0, 0.05) is 45.0 Å². The minimum Gasteiger partial charge on any atom is -0.370 e. The zero-order valence-corrected chi connectivity index (χ0v) is 16.3. The van der Waals surface area contributed by atoms with E-state index in [4.69, 9.17) is 4.74 Å². The highest BCUT2D eigenvalue weighted by Crippen LogP contribution is 2.39. The fourth-order valence-corrected chi connectivity index (χ4v) is 4.49. The van der Waals surface area contributed by atoms with Crippen molar-refractivity contribution in [2.24, 2.45) is 0 Å². The van der Waals surface area contributed by atoms with E-state index < -0.39 is 0 Å². The molecule has 1 aromatic rings. The van der Waals surface area contributed by atoms with Gasteiger partial charge in [-0.25, -0.2) is 0 Å². The van der Waals surface area contributed by atoms with Crippen LogP contribution in [-0.2, 0) is 16.1 Å². The van der Waals surface area contributed by atoms with Gasteiger partial charge in [-0.2, -0.15) is 0 Å². The summed E-state index contributed by atoms with van der Waals surface area (Å²) in [6.07, 6.45) is 10.0. The van der Waals surface area contributed by atoms with Crippen LogP contribution < -0.4 is 0 Å². The summed E-state index contributed by atoms with van der Waals surface area (Å²) < 4.78 is 6.53. The molecule has 5 heteroatoms. The molecule has 3 heterocycles. The number of rotatable bonds is 7. The van der Waals surface area contributed by atoms with Crippen molar-refractivity contribution in [1.82, 2.24) is 14.8 Å². The second-order valence-corrected chi connectivity index (χ2v) is 7.74. The van der Waals surface area contributed by atoms with Gasteiger partial charge in [-0.05, 0) is 64.1 Å². The number of carbonyl (C=O) groups excluding carboxylic acids is 1. The summed E-state index contributed by atoms with van der Waals surface area (Å²) >= 11 is 0. The quantitative estimate of drug-likeness (QED) is 0.750. The van der Waals surface area contributed by atoms with Crippen LogP contribution in [0.5, 0.6) is 0 Å². The third-order valence-corrected chi connectivity index (χ3v) is 5.88. The van der Waals surface area contributed by atoms with Crippen molar-refractivity contribution < 1.29 is 9.53 Å². The molecular weight excluding hydrogens is 326 g/mol. The first-order valence-electron chi connectivity index (χ1n) is 10.2. The molecule has 0 saturated carbocycles. The number of hydrogen-bond acceptors (Lipinski definition) is 4. The molecule has 1 aromatic heterocycles. The second-order valence-electron chi connectivity index (χ2n) is 7.74. The highest BCUT2D eigenvalue weighted by Gasteiger charge is 2.43. The lowest BCUT2D eigenvalue weighted by Gasteiger charge is -2.40. The maximum atomic E-state index is 12.2. The highest BCUT2D eigenvalue weighted by atomic mass is 16.5. The Kier molecular flexibility index (Phi) is 6.65. The second kappa shape index (κ2) is 8.96. The molecule has 0 aliphatic carbocycles. The molecule has 0 aromatic carbocycles. The van der Waals surface area contributed by atoms with Crippen LogP contribution >= 0.6 is 0 Å². The van der Waals surface area contributed by atoms with Crippen molar-refractivity contribution in [3.63, 3.8) is 0 Å². The van der Waals surface area contributed by atoms with Crippen LogP contribution in [0.2, 0.25) is 0 Å². The number of nitrogens with zero attached hydrogens (tertiary/aromatic N) is 3. The van der Waals surface area contributed by atoms with E-state index >= 15 is 0 Å². The molecule has 2 aliphatic rings.